The van der Waals surface area contributed by atoms with E-state index in [0.29, 0.717) is 5.56 Å². The second kappa shape index (κ2) is 5.93. The molecule has 1 aliphatic heterocycles. The lowest BCUT2D eigenvalue weighted by Crippen LogP contribution is -2.35. The molecule has 5 heteroatoms. The topological polar surface area (TPSA) is 64.4 Å². The van der Waals surface area contributed by atoms with Crippen LogP contribution in [0.25, 0.3) is 0 Å². The van der Waals surface area contributed by atoms with Crippen LogP contribution in [0.2, 0.25) is 0 Å². The van der Waals surface area contributed by atoms with Crippen LogP contribution in [0.5, 0.6) is 0 Å². The van der Waals surface area contributed by atoms with Gasteiger partial charge in [-0.15, -0.1) is 0 Å². The van der Waals surface area contributed by atoms with Crippen LogP contribution in [0.4, 0.5) is 4.39 Å². The highest BCUT2D eigenvalue weighted by Gasteiger charge is 2.14. The zero-order chi connectivity index (χ0) is 13.0. The number of primary amides is 1. The van der Waals surface area contributed by atoms with Crippen LogP contribution >= 0.6 is 0 Å². The van der Waals surface area contributed by atoms with Crippen molar-refractivity contribution in [3.8, 4) is 0 Å². The molecule has 1 aliphatic rings. The lowest BCUT2D eigenvalue weighted by atomic mass is 10.1. The van der Waals surface area contributed by atoms with Crippen molar-refractivity contribution in [3.63, 3.8) is 0 Å². The summed E-state index contributed by atoms with van der Waals surface area (Å²) in [7, 11) is 0. The smallest absolute Gasteiger partial charge is 0.248 e. The summed E-state index contributed by atoms with van der Waals surface area (Å²) in [5.41, 5.74) is 5.70. The molecular formula is C13H17FN2O2. The molecule has 1 amide bonds. The quantitative estimate of drug-likeness (QED) is 0.846. The third kappa shape index (κ3) is 3.27. The van der Waals surface area contributed by atoms with Crippen molar-refractivity contribution in [3.05, 3.63) is 35.1 Å². The summed E-state index contributed by atoms with van der Waals surface area (Å²) in [4.78, 5) is 10.9. The number of halogens is 1. The largest absolute Gasteiger partial charge is 0.372 e. The second-order valence-corrected chi connectivity index (χ2v) is 4.45. The Morgan fingerprint density at radius 2 is 2.39 bits per heavy atom. The molecule has 0 bridgehead atoms. The Kier molecular flexibility index (Phi) is 4.28. The molecular weight excluding hydrogens is 235 g/mol. The minimum atomic E-state index is -0.627. The van der Waals surface area contributed by atoms with Crippen molar-refractivity contribution >= 4 is 5.91 Å². The highest BCUT2D eigenvalue weighted by Crippen LogP contribution is 2.14. The fourth-order valence-electron chi connectivity index (χ4n) is 1.99. The van der Waals surface area contributed by atoms with Gasteiger partial charge < -0.3 is 15.8 Å². The number of hydrogen-bond acceptors (Lipinski definition) is 3. The molecule has 1 heterocycles. The fraction of sp³-hybridized carbons (Fsp3) is 0.462. The average molecular weight is 252 g/mol. The Balaban J connectivity index is 1.94. The van der Waals surface area contributed by atoms with Gasteiger partial charge in [-0.1, -0.05) is 6.07 Å². The number of ether oxygens (including phenoxy) is 1. The Bertz CT molecular complexity index is 431. The lowest BCUT2D eigenvalue weighted by molar-refractivity contribution is 0.0239. The van der Waals surface area contributed by atoms with E-state index in [4.69, 9.17) is 10.5 Å². The maximum Gasteiger partial charge on any atom is 0.248 e. The Hall–Kier alpha value is -1.46. The molecule has 2 rings (SSSR count). The second-order valence-electron chi connectivity index (χ2n) is 4.45. The molecule has 1 saturated heterocycles. The number of nitrogens with one attached hydrogen (secondary N) is 1. The van der Waals surface area contributed by atoms with E-state index >= 15 is 0 Å². The molecule has 1 atom stereocenters. The van der Waals surface area contributed by atoms with Crippen LogP contribution in [-0.2, 0) is 11.3 Å². The van der Waals surface area contributed by atoms with E-state index < -0.39 is 11.7 Å². The SMILES string of the molecule is NC(=O)c1ccc(COC2CCCNC2)c(F)c1. The van der Waals surface area contributed by atoms with E-state index in [9.17, 15) is 9.18 Å². The summed E-state index contributed by atoms with van der Waals surface area (Å²) in [6.45, 7) is 2.04. The summed E-state index contributed by atoms with van der Waals surface area (Å²) < 4.78 is 19.3. The summed E-state index contributed by atoms with van der Waals surface area (Å²) in [6.07, 6.45) is 2.20. The summed E-state index contributed by atoms with van der Waals surface area (Å²) in [6, 6.07) is 4.22. The first-order valence-corrected chi connectivity index (χ1v) is 6.07. The minimum Gasteiger partial charge on any atom is -0.372 e. The maximum absolute atomic E-state index is 13.7. The number of hydrogen-bond donors (Lipinski definition) is 2. The van der Waals surface area contributed by atoms with Gasteiger partial charge in [-0.05, 0) is 31.5 Å². The van der Waals surface area contributed by atoms with E-state index in [1.165, 1.54) is 6.07 Å². The predicted octanol–water partition coefficient (Wildman–Crippen LogP) is 1.19. The molecule has 1 aromatic rings. The van der Waals surface area contributed by atoms with Gasteiger partial charge in [0.25, 0.3) is 0 Å². The van der Waals surface area contributed by atoms with Crippen LogP contribution in [-0.4, -0.2) is 25.1 Å². The van der Waals surface area contributed by atoms with Crippen molar-refractivity contribution in [2.45, 2.75) is 25.6 Å². The number of rotatable bonds is 4. The van der Waals surface area contributed by atoms with Crippen molar-refractivity contribution in [2.75, 3.05) is 13.1 Å². The summed E-state index contributed by atoms with van der Waals surface area (Å²) in [5.74, 6) is -1.08. The van der Waals surface area contributed by atoms with Crippen molar-refractivity contribution in [2.24, 2.45) is 5.73 Å². The monoisotopic (exact) mass is 252 g/mol. The predicted molar refractivity (Wildman–Crippen MR) is 65.6 cm³/mol. The van der Waals surface area contributed by atoms with Crippen LogP contribution in [0.15, 0.2) is 18.2 Å². The van der Waals surface area contributed by atoms with Gasteiger partial charge >= 0.3 is 0 Å². The van der Waals surface area contributed by atoms with Gasteiger partial charge in [-0.25, -0.2) is 4.39 Å². The zero-order valence-electron chi connectivity index (χ0n) is 10.1. The Labute approximate surface area is 105 Å². The first kappa shape index (κ1) is 13.0. The molecule has 0 radical (unpaired) electrons. The summed E-state index contributed by atoms with van der Waals surface area (Å²) >= 11 is 0. The molecule has 1 unspecified atom stereocenters. The molecule has 0 saturated carbocycles. The third-order valence-electron chi connectivity index (χ3n) is 3.06. The molecule has 3 N–H and O–H groups in total. The van der Waals surface area contributed by atoms with Gasteiger partial charge in [0, 0.05) is 17.7 Å². The minimum absolute atomic E-state index is 0.133. The standard InChI is InChI=1S/C13H17FN2O2/c14-12-6-9(13(15)17)3-4-10(12)8-18-11-2-1-5-16-7-11/h3-4,6,11,16H,1-2,5,7-8H2,(H2,15,17). The van der Waals surface area contributed by atoms with E-state index in [1.807, 2.05) is 0 Å². The molecule has 1 fully saturated rings. The first-order chi connectivity index (χ1) is 8.66. The molecule has 98 valence electrons. The molecule has 4 nitrogen and oxygen atoms in total. The highest BCUT2D eigenvalue weighted by molar-refractivity contribution is 5.92. The number of nitrogens with two attached hydrogens (primary N) is 1. The number of piperidine rings is 1. The Morgan fingerprint density at radius 3 is 3.00 bits per heavy atom. The van der Waals surface area contributed by atoms with E-state index in [2.05, 4.69) is 5.32 Å². The van der Waals surface area contributed by atoms with Gasteiger partial charge in [0.1, 0.15) is 5.82 Å². The molecule has 18 heavy (non-hydrogen) atoms. The molecule has 0 aromatic heterocycles. The Morgan fingerprint density at radius 1 is 1.56 bits per heavy atom. The first-order valence-electron chi connectivity index (χ1n) is 6.07. The highest BCUT2D eigenvalue weighted by atomic mass is 19.1. The van der Waals surface area contributed by atoms with Crippen LogP contribution in [0, 0.1) is 5.82 Å². The third-order valence-corrected chi connectivity index (χ3v) is 3.06. The van der Waals surface area contributed by atoms with E-state index in [1.54, 1.807) is 6.07 Å². The normalized spacial score (nSPS) is 19.7. The van der Waals surface area contributed by atoms with Gasteiger partial charge in [-0.3, -0.25) is 4.79 Å². The van der Waals surface area contributed by atoms with Crippen LogP contribution < -0.4 is 11.1 Å². The number of carbonyl (C=O) groups is 1. The van der Waals surface area contributed by atoms with Gasteiger partial charge in [0.2, 0.25) is 5.91 Å². The number of benzene rings is 1. The molecule has 0 spiro atoms. The number of amides is 1. The van der Waals surface area contributed by atoms with E-state index in [-0.39, 0.29) is 18.3 Å². The lowest BCUT2D eigenvalue weighted by Gasteiger charge is -2.23. The molecule has 0 aliphatic carbocycles. The summed E-state index contributed by atoms with van der Waals surface area (Å²) in [5, 5.41) is 3.23. The van der Waals surface area contributed by atoms with Gasteiger partial charge in [-0.2, -0.15) is 0 Å². The van der Waals surface area contributed by atoms with Crippen molar-refractivity contribution in [1.82, 2.24) is 5.32 Å². The average Bonchev–Trinajstić information content (AvgIpc) is 2.38. The fourth-order valence-corrected chi connectivity index (χ4v) is 1.99. The van der Waals surface area contributed by atoms with Gasteiger partial charge in [0.15, 0.2) is 0 Å². The maximum atomic E-state index is 13.7. The van der Waals surface area contributed by atoms with E-state index in [0.717, 1.165) is 32.0 Å². The number of carbonyl (C=O) groups excluding carboxylic acids is 1. The van der Waals surface area contributed by atoms with Gasteiger partial charge in [0.05, 0.1) is 12.7 Å². The van der Waals surface area contributed by atoms with Crippen LogP contribution in [0.3, 0.4) is 0 Å². The van der Waals surface area contributed by atoms with Crippen LogP contribution in [0.1, 0.15) is 28.8 Å². The van der Waals surface area contributed by atoms with Crippen molar-refractivity contribution in [1.29, 1.82) is 0 Å². The molecule has 1 aromatic carbocycles. The zero-order valence-corrected chi connectivity index (χ0v) is 10.1. The van der Waals surface area contributed by atoms with Crippen molar-refractivity contribution < 1.29 is 13.9 Å².